The maximum absolute atomic E-state index is 12.0. The molecular weight excluding hydrogens is 464 g/mol. The van der Waals surface area contributed by atoms with Gasteiger partial charge in [-0.1, -0.05) is 17.7 Å². The number of aromatic nitrogens is 1. The lowest BCUT2D eigenvalue weighted by Crippen LogP contribution is -2.37. The highest BCUT2D eigenvalue weighted by Gasteiger charge is 2.15. The van der Waals surface area contributed by atoms with E-state index in [2.05, 4.69) is 31.5 Å². The Kier molecular flexibility index (Phi) is 8.47. The highest BCUT2D eigenvalue weighted by molar-refractivity contribution is 6.39. The van der Waals surface area contributed by atoms with Gasteiger partial charge in [0.05, 0.1) is 12.8 Å². The molecule has 4 N–H and O–H groups in total. The largest absolute Gasteiger partial charge is 0.458 e. The summed E-state index contributed by atoms with van der Waals surface area (Å²) in [5.41, 5.74) is 3.26. The first-order valence-electron chi connectivity index (χ1n) is 9.84. The normalized spacial score (nSPS) is 10.5. The molecule has 1 aromatic carbocycles. The maximum Gasteiger partial charge on any atom is 0.329 e. The molecule has 4 amide bonds. The highest BCUT2D eigenvalue weighted by atomic mass is 35.5. The van der Waals surface area contributed by atoms with Crippen molar-refractivity contribution in [1.82, 2.24) is 21.0 Å². The van der Waals surface area contributed by atoms with Crippen molar-refractivity contribution >= 4 is 47.1 Å². The van der Waals surface area contributed by atoms with E-state index in [1.165, 1.54) is 18.3 Å². The van der Waals surface area contributed by atoms with Crippen LogP contribution in [0.2, 0.25) is 5.02 Å². The zero-order chi connectivity index (χ0) is 24.3. The van der Waals surface area contributed by atoms with Crippen LogP contribution >= 0.6 is 11.6 Å². The van der Waals surface area contributed by atoms with Crippen LogP contribution in [0, 0.1) is 0 Å². The molecule has 0 atom stereocenters. The number of amides is 4. The van der Waals surface area contributed by atoms with Gasteiger partial charge in [-0.15, -0.1) is 0 Å². The summed E-state index contributed by atoms with van der Waals surface area (Å²) in [6, 6.07) is 12.9. The summed E-state index contributed by atoms with van der Waals surface area (Å²) in [6.07, 6.45) is 4.33. The first kappa shape index (κ1) is 24.1. The van der Waals surface area contributed by atoms with Crippen molar-refractivity contribution in [2.75, 3.05) is 5.32 Å². The third-order valence-corrected chi connectivity index (χ3v) is 4.40. The molecule has 2 aromatic heterocycles. The molecule has 174 valence electrons. The Hall–Kier alpha value is -4.51. The minimum absolute atomic E-state index is 0.0561. The van der Waals surface area contributed by atoms with Gasteiger partial charge in [0, 0.05) is 29.6 Å². The van der Waals surface area contributed by atoms with E-state index in [1.807, 2.05) is 0 Å². The third-order valence-electron chi connectivity index (χ3n) is 4.16. The van der Waals surface area contributed by atoms with Crippen LogP contribution in [0.25, 0.3) is 0 Å². The van der Waals surface area contributed by atoms with E-state index in [1.54, 1.807) is 48.8 Å². The summed E-state index contributed by atoms with van der Waals surface area (Å²) in [5, 5.41) is 11.4. The van der Waals surface area contributed by atoms with Crippen LogP contribution in [0.15, 0.2) is 70.4 Å². The molecular formula is C22H19ClN6O5. The number of hydrogen-bond donors (Lipinski definition) is 4. The minimum atomic E-state index is -0.949. The van der Waals surface area contributed by atoms with Crippen LogP contribution in [0.4, 0.5) is 5.69 Å². The minimum Gasteiger partial charge on any atom is -0.458 e. The molecule has 0 aliphatic rings. The predicted octanol–water partition coefficient (Wildman–Crippen LogP) is 1.35. The van der Waals surface area contributed by atoms with E-state index in [0.29, 0.717) is 16.5 Å². The fraction of sp³-hybridized carbons (Fsp3) is 0.0909. The monoisotopic (exact) mass is 482 g/mol. The molecule has 0 unspecified atom stereocenters. The molecule has 0 fully saturated rings. The van der Waals surface area contributed by atoms with E-state index >= 15 is 0 Å². The molecule has 0 saturated heterocycles. The second-order valence-corrected chi connectivity index (χ2v) is 7.12. The fourth-order valence-electron chi connectivity index (χ4n) is 2.53. The molecule has 0 spiro atoms. The second-order valence-electron chi connectivity index (χ2n) is 6.69. The third kappa shape index (κ3) is 7.57. The Morgan fingerprint density at radius 1 is 0.912 bits per heavy atom. The Morgan fingerprint density at radius 3 is 2.41 bits per heavy atom. The van der Waals surface area contributed by atoms with Gasteiger partial charge in [-0.05, 0) is 48.0 Å². The maximum atomic E-state index is 12.0. The van der Waals surface area contributed by atoms with E-state index < -0.39 is 23.6 Å². The highest BCUT2D eigenvalue weighted by Crippen LogP contribution is 2.14. The Bertz CT molecular complexity index is 1210. The molecule has 0 bridgehead atoms. The van der Waals surface area contributed by atoms with Gasteiger partial charge >= 0.3 is 23.6 Å². The van der Waals surface area contributed by atoms with Crippen molar-refractivity contribution in [3.8, 4) is 0 Å². The van der Waals surface area contributed by atoms with Gasteiger partial charge < -0.3 is 20.4 Å². The lowest BCUT2D eigenvalue weighted by Gasteiger charge is -2.05. The van der Waals surface area contributed by atoms with E-state index in [9.17, 15) is 19.2 Å². The van der Waals surface area contributed by atoms with Crippen molar-refractivity contribution in [3.05, 3.63) is 83.0 Å². The molecule has 11 nitrogen and oxygen atoms in total. The molecule has 2 heterocycles. The lowest BCUT2D eigenvalue weighted by molar-refractivity contribution is -0.139. The summed E-state index contributed by atoms with van der Waals surface area (Å²) in [6.45, 7) is 0.113. The van der Waals surface area contributed by atoms with Gasteiger partial charge in [0.1, 0.15) is 11.5 Å². The zero-order valence-corrected chi connectivity index (χ0v) is 18.3. The summed E-state index contributed by atoms with van der Waals surface area (Å²) in [7, 11) is 0. The van der Waals surface area contributed by atoms with E-state index in [4.69, 9.17) is 16.0 Å². The van der Waals surface area contributed by atoms with Gasteiger partial charge in [-0.2, -0.15) is 5.10 Å². The fourth-order valence-corrected chi connectivity index (χ4v) is 2.72. The van der Waals surface area contributed by atoms with Crippen molar-refractivity contribution in [1.29, 1.82) is 0 Å². The average molecular weight is 483 g/mol. The van der Waals surface area contributed by atoms with E-state index in [-0.39, 0.29) is 18.8 Å². The standard InChI is InChI=1S/C22H19ClN6O5/c23-15-2-1-3-16(10-15)28-21(32)19(30)26-12-17-4-5-18(34-17)13-27-29-22(33)20(31)25-11-14-6-8-24-9-7-14/h1-10,13H,11-12H2,(H,25,31)(H,26,30)(H,28,32)(H,29,33)/b27-13+. The zero-order valence-electron chi connectivity index (χ0n) is 17.6. The number of nitrogens with one attached hydrogen (secondary N) is 4. The number of carbonyl (C=O) groups is 4. The van der Waals surface area contributed by atoms with Gasteiger partial charge in [0.25, 0.3) is 0 Å². The topological polar surface area (TPSA) is 155 Å². The molecule has 0 aliphatic carbocycles. The number of halogens is 1. The molecule has 0 radical (unpaired) electrons. The Labute approximate surface area is 198 Å². The van der Waals surface area contributed by atoms with Crippen LogP contribution < -0.4 is 21.4 Å². The van der Waals surface area contributed by atoms with Crippen LogP contribution in [0.3, 0.4) is 0 Å². The number of anilines is 1. The first-order valence-corrected chi connectivity index (χ1v) is 10.2. The van der Waals surface area contributed by atoms with Gasteiger partial charge in [0.2, 0.25) is 0 Å². The van der Waals surface area contributed by atoms with Crippen molar-refractivity contribution in [2.45, 2.75) is 13.1 Å². The molecule has 0 aliphatic heterocycles. The Morgan fingerprint density at radius 2 is 1.65 bits per heavy atom. The number of pyridine rings is 1. The number of rotatable bonds is 7. The van der Waals surface area contributed by atoms with Crippen LogP contribution in [0.5, 0.6) is 0 Å². The van der Waals surface area contributed by atoms with Gasteiger partial charge in [-0.25, -0.2) is 5.43 Å². The average Bonchev–Trinajstić information content (AvgIpc) is 3.29. The van der Waals surface area contributed by atoms with Crippen LogP contribution in [-0.4, -0.2) is 34.8 Å². The lowest BCUT2D eigenvalue weighted by atomic mass is 10.3. The molecule has 0 saturated carbocycles. The number of nitrogens with zero attached hydrogens (tertiary/aromatic N) is 2. The number of benzene rings is 1. The molecule has 34 heavy (non-hydrogen) atoms. The summed E-state index contributed by atoms with van der Waals surface area (Å²) in [4.78, 5) is 51.3. The van der Waals surface area contributed by atoms with Crippen molar-refractivity contribution < 1.29 is 23.6 Å². The number of hydrazone groups is 1. The molecule has 3 aromatic rings. The van der Waals surface area contributed by atoms with Crippen molar-refractivity contribution in [3.63, 3.8) is 0 Å². The first-order chi connectivity index (χ1) is 16.4. The van der Waals surface area contributed by atoms with Gasteiger partial charge in [0.15, 0.2) is 0 Å². The summed E-state index contributed by atoms with van der Waals surface area (Å²) < 4.78 is 5.42. The van der Waals surface area contributed by atoms with Crippen LogP contribution in [-0.2, 0) is 32.3 Å². The molecule has 3 rings (SSSR count). The molecule has 12 heteroatoms. The quantitative estimate of drug-likeness (QED) is 0.226. The number of hydrogen-bond acceptors (Lipinski definition) is 7. The van der Waals surface area contributed by atoms with E-state index in [0.717, 1.165) is 5.56 Å². The van der Waals surface area contributed by atoms with Gasteiger partial charge in [-0.3, -0.25) is 24.2 Å². The predicted molar refractivity (Wildman–Crippen MR) is 122 cm³/mol. The smallest absolute Gasteiger partial charge is 0.329 e. The number of carbonyl (C=O) groups excluding carboxylic acids is 4. The SMILES string of the molecule is O=C(NCc1ccncc1)C(=O)N/N=C/c1ccc(CNC(=O)C(=O)Nc2cccc(Cl)c2)o1. The summed E-state index contributed by atoms with van der Waals surface area (Å²) in [5.74, 6) is -2.93. The Balaban J connectivity index is 1.40. The number of furan rings is 1. The van der Waals surface area contributed by atoms with Crippen LogP contribution in [0.1, 0.15) is 17.1 Å². The summed E-state index contributed by atoms with van der Waals surface area (Å²) >= 11 is 5.84. The second kappa shape index (κ2) is 11.9. The van der Waals surface area contributed by atoms with Crippen molar-refractivity contribution in [2.24, 2.45) is 5.10 Å².